The zero-order valence-corrected chi connectivity index (χ0v) is 6.91. The van der Waals surface area contributed by atoms with E-state index < -0.39 is 0 Å². The fourth-order valence-electron chi connectivity index (χ4n) is 0.926. The minimum Gasteiger partial charge on any atom is -0.512 e. The van der Waals surface area contributed by atoms with Gasteiger partial charge in [-0.05, 0) is 0 Å². The molecule has 2 nitrogen and oxygen atoms in total. The monoisotopic (exact) mass is 148 g/mol. The molecular formula is C9H12N2. The first kappa shape index (κ1) is 9.64. The van der Waals surface area contributed by atoms with Crippen molar-refractivity contribution < 1.29 is 4.57 Å². The van der Waals surface area contributed by atoms with Crippen LogP contribution in [0.15, 0.2) is 24.4 Å². The zero-order chi connectivity index (χ0) is 8.69. The quantitative estimate of drug-likeness (QED) is 0.434. The lowest BCUT2D eigenvalue weighted by molar-refractivity contribution is -0.679. The van der Waals surface area contributed by atoms with Crippen LogP contribution in [0, 0.1) is 11.8 Å². The molecule has 0 aliphatic carbocycles. The lowest BCUT2D eigenvalue weighted by Gasteiger charge is -1.91. The van der Waals surface area contributed by atoms with Gasteiger partial charge in [0.15, 0.2) is 11.9 Å². The highest BCUT2D eigenvalue weighted by Crippen LogP contribution is 1.89. The van der Waals surface area contributed by atoms with E-state index in [2.05, 4.69) is 36.9 Å². The highest BCUT2D eigenvalue weighted by Gasteiger charge is 1.97. The number of pyridine rings is 1. The van der Waals surface area contributed by atoms with Gasteiger partial charge in [0.05, 0.1) is 0 Å². The minimum absolute atomic E-state index is 1.11. The van der Waals surface area contributed by atoms with Crippen molar-refractivity contribution in [1.29, 1.82) is 5.26 Å². The molecule has 0 radical (unpaired) electrons. The van der Waals surface area contributed by atoms with Crippen LogP contribution in [-0.4, -0.2) is 0 Å². The van der Waals surface area contributed by atoms with Crippen molar-refractivity contribution in [3.63, 3.8) is 0 Å². The van der Waals surface area contributed by atoms with Crippen LogP contribution in [0.2, 0.25) is 0 Å². The van der Waals surface area contributed by atoms with Crippen molar-refractivity contribution in [2.24, 2.45) is 7.05 Å². The summed E-state index contributed by atoms with van der Waals surface area (Å²) in [6.07, 6.45) is 3.18. The summed E-state index contributed by atoms with van der Waals surface area (Å²) in [5, 5.41) is 6.25. The molecule has 58 valence electrons. The predicted molar refractivity (Wildman–Crippen MR) is 42.0 cm³/mol. The summed E-state index contributed by atoms with van der Waals surface area (Å²) in [6.45, 7) is 6.91. The Bertz CT molecular complexity index is 228. The van der Waals surface area contributed by atoms with Gasteiger partial charge in [-0.1, -0.05) is 13.0 Å². The van der Waals surface area contributed by atoms with Crippen LogP contribution in [0.3, 0.4) is 0 Å². The van der Waals surface area contributed by atoms with Gasteiger partial charge in [-0.25, -0.2) is 4.57 Å². The topological polar surface area (TPSA) is 27.7 Å². The molecule has 1 aromatic rings. The average Bonchev–Trinajstić information content (AvgIpc) is 2.09. The average molecular weight is 148 g/mol. The molecule has 0 amide bonds. The van der Waals surface area contributed by atoms with E-state index in [9.17, 15) is 0 Å². The van der Waals surface area contributed by atoms with Crippen LogP contribution in [0.4, 0.5) is 0 Å². The Morgan fingerprint density at radius 2 is 2.09 bits per heavy atom. The van der Waals surface area contributed by atoms with Crippen LogP contribution in [0.5, 0.6) is 0 Å². The standard InChI is InChI=1S/C8H12N.CN/c1-3-8-6-4-5-7-9(8)2;1-2/h4-7H,3H2,1-2H3;/q+1;-1. The second-order valence-electron chi connectivity index (χ2n) is 2.16. The fourth-order valence-corrected chi connectivity index (χ4v) is 0.926. The van der Waals surface area contributed by atoms with E-state index >= 15 is 0 Å². The molecule has 1 aromatic heterocycles. The molecule has 0 saturated heterocycles. The summed E-state index contributed by atoms with van der Waals surface area (Å²) < 4.78 is 2.14. The third-order valence-corrected chi connectivity index (χ3v) is 1.52. The maximum atomic E-state index is 6.25. The lowest BCUT2D eigenvalue weighted by atomic mass is 10.3. The minimum atomic E-state index is 1.11. The Labute approximate surface area is 67.7 Å². The number of hydrogen-bond donors (Lipinski definition) is 0. The Morgan fingerprint density at radius 1 is 1.45 bits per heavy atom. The molecule has 0 aliphatic heterocycles. The Morgan fingerprint density at radius 3 is 2.45 bits per heavy atom. The maximum Gasteiger partial charge on any atom is 0.180 e. The van der Waals surface area contributed by atoms with Crippen molar-refractivity contribution in [2.45, 2.75) is 13.3 Å². The van der Waals surface area contributed by atoms with Crippen LogP contribution in [0.25, 0.3) is 0 Å². The smallest absolute Gasteiger partial charge is 0.180 e. The maximum absolute atomic E-state index is 6.25. The Balaban J connectivity index is 0.000000461. The molecule has 0 spiro atoms. The number of hydrogen-bond acceptors (Lipinski definition) is 1. The number of aromatic nitrogens is 1. The summed E-state index contributed by atoms with van der Waals surface area (Å²) in [5.41, 5.74) is 1.37. The molecule has 1 heterocycles. The third-order valence-electron chi connectivity index (χ3n) is 1.52. The molecule has 2 heteroatoms. The van der Waals surface area contributed by atoms with Gasteiger partial charge in [0.2, 0.25) is 0 Å². The Hall–Kier alpha value is -1.36. The fraction of sp³-hybridized carbons (Fsp3) is 0.333. The molecule has 0 unspecified atom stereocenters. The van der Waals surface area contributed by atoms with Gasteiger partial charge in [0, 0.05) is 18.6 Å². The molecule has 0 bridgehead atoms. The van der Waals surface area contributed by atoms with Crippen LogP contribution < -0.4 is 4.57 Å². The predicted octanol–water partition coefficient (Wildman–Crippen LogP) is 1.17. The molecule has 0 aliphatic rings. The van der Waals surface area contributed by atoms with Crippen molar-refractivity contribution >= 4 is 0 Å². The third kappa shape index (κ3) is 2.81. The summed E-state index contributed by atoms with van der Waals surface area (Å²) in [6, 6.07) is 6.25. The van der Waals surface area contributed by atoms with Gasteiger partial charge >= 0.3 is 0 Å². The second kappa shape index (κ2) is 5.43. The molecule has 1 rings (SSSR count). The van der Waals surface area contributed by atoms with Gasteiger partial charge in [-0.3, -0.25) is 0 Å². The van der Waals surface area contributed by atoms with Gasteiger partial charge in [0.25, 0.3) is 0 Å². The van der Waals surface area contributed by atoms with Gasteiger partial charge in [-0.15, -0.1) is 0 Å². The van der Waals surface area contributed by atoms with Crippen molar-refractivity contribution in [3.05, 3.63) is 36.7 Å². The van der Waals surface area contributed by atoms with E-state index in [0.29, 0.717) is 0 Å². The molecule has 0 aromatic carbocycles. The molecule has 11 heavy (non-hydrogen) atoms. The zero-order valence-electron chi connectivity index (χ0n) is 6.91. The highest BCUT2D eigenvalue weighted by atomic mass is 14.9. The first-order chi connectivity index (χ1) is 5.34. The van der Waals surface area contributed by atoms with Gasteiger partial charge < -0.3 is 11.8 Å². The van der Waals surface area contributed by atoms with Crippen LogP contribution in [-0.2, 0) is 13.5 Å². The van der Waals surface area contributed by atoms with E-state index in [4.69, 9.17) is 11.8 Å². The normalized spacial score (nSPS) is 8.00. The van der Waals surface area contributed by atoms with E-state index in [-0.39, 0.29) is 0 Å². The van der Waals surface area contributed by atoms with Crippen molar-refractivity contribution in [1.82, 2.24) is 0 Å². The molecule has 0 atom stereocenters. The summed E-state index contributed by atoms with van der Waals surface area (Å²) in [4.78, 5) is 0. The lowest BCUT2D eigenvalue weighted by Crippen LogP contribution is -2.32. The van der Waals surface area contributed by atoms with Crippen LogP contribution in [0.1, 0.15) is 12.6 Å². The Kier molecular flexibility index (Phi) is 4.76. The van der Waals surface area contributed by atoms with Crippen molar-refractivity contribution in [2.75, 3.05) is 0 Å². The highest BCUT2D eigenvalue weighted by molar-refractivity contribution is 4.96. The van der Waals surface area contributed by atoms with E-state index in [1.54, 1.807) is 0 Å². The van der Waals surface area contributed by atoms with E-state index in [1.807, 2.05) is 6.07 Å². The van der Waals surface area contributed by atoms with Crippen LogP contribution >= 0.6 is 0 Å². The molecular weight excluding hydrogens is 136 g/mol. The summed E-state index contributed by atoms with van der Waals surface area (Å²) in [5.74, 6) is 0. The van der Waals surface area contributed by atoms with E-state index in [1.165, 1.54) is 5.69 Å². The van der Waals surface area contributed by atoms with Gasteiger partial charge in [-0.2, -0.15) is 0 Å². The molecule has 0 N–H and O–H groups in total. The van der Waals surface area contributed by atoms with Gasteiger partial charge in [0.1, 0.15) is 7.05 Å². The first-order valence-corrected chi connectivity index (χ1v) is 3.50. The van der Waals surface area contributed by atoms with Crippen molar-refractivity contribution in [3.8, 4) is 0 Å². The summed E-state index contributed by atoms with van der Waals surface area (Å²) in [7, 11) is 2.07. The second-order valence-corrected chi connectivity index (χ2v) is 2.16. The number of rotatable bonds is 1. The summed E-state index contributed by atoms with van der Waals surface area (Å²) >= 11 is 0. The molecule has 0 saturated carbocycles. The largest absolute Gasteiger partial charge is 0.512 e. The SMILES string of the molecule is CCc1cccc[n+]1C.[C-]#N. The number of nitrogens with zero attached hydrogens (tertiary/aromatic N) is 2. The van der Waals surface area contributed by atoms with E-state index in [0.717, 1.165) is 6.42 Å². The number of aryl methyl sites for hydroxylation is 2. The first-order valence-electron chi connectivity index (χ1n) is 3.50. The molecule has 0 fully saturated rings.